The fraction of sp³-hybridized carbons (Fsp3) is 0.500. The van der Waals surface area contributed by atoms with Crippen LogP contribution in [0, 0.1) is 0 Å². The molecule has 0 unspecified atom stereocenters. The molecule has 0 fully saturated rings. The molecular weight excluding hydrogens is 206 g/mol. The molecule has 4 heteroatoms. The third kappa shape index (κ3) is 2.65. The van der Waals surface area contributed by atoms with Crippen LogP contribution in [0.5, 0.6) is 11.5 Å². The highest BCUT2D eigenvalue weighted by atomic mass is 16.5. The second kappa shape index (κ2) is 5.72. The van der Waals surface area contributed by atoms with E-state index in [2.05, 4.69) is 5.32 Å². The maximum absolute atomic E-state index is 8.71. The molecule has 16 heavy (non-hydrogen) atoms. The average Bonchev–Trinajstić information content (AvgIpc) is 2.55. The molecule has 0 aliphatic carbocycles. The van der Waals surface area contributed by atoms with Crippen LogP contribution >= 0.6 is 0 Å². The van der Waals surface area contributed by atoms with Crippen molar-refractivity contribution >= 4 is 0 Å². The minimum Gasteiger partial charge on any atom is -0.490 e. The van der Waals surface area contributed by atoms with Crippen LogP contribution in [0.25, 0.3) is 0 Å². The van der Waals surface area contributed by atoms with E-state index in [-0.39, 0.29) is 6.61 Å². The molecule has 0 saturated heterocycles. The Morgan fingerprint density at radius 3 is 3.00 bits per heavy atom. The number of hydrogen-bond donors (Lipinski definition) is 2. The summed E-state index contributed by atoms with van der Waals surface area (Å²) in [4.78, 5) is 0. The number of rotatable bonds is 4. The van der Waals surface area contributed by atoms with Gasteiger partial charge in [-0.25, -0.2) is 0 Å². The molecule has 1 aromatic carbocycles. The number of hydrogen-bond acceptors (Lipinski definition) is 4. The topological polar surface area (TPSA) is 50.7 Å². The molecule has 0 atom stereocenters. The van der Waals surface area contributed by atoms with Crippen LogP contribution in [-0.4, -0.2) is 31.5 Å². The average molecular weight is 223 g/mol. The summed E-state index contributed by atoms with van der Waals surface area (Å²) in [6.07, 6.45) is 0.915. The highest BCUT2D eigenvalue weighted by molar-refractivity contribution is 5.46. The van der Waals surface area contributed by atoms with E-state index < -0.39 is 0 Å². The van der Waals surface area contributed by atoms with E-state index in [0.29, 0.717) is 26.3 Å². The van der Waals surface area contributed by atoms with E-state index >= 15 is 0 Å². The number of nitrogens with one attached hydrogen (secondary N) is 1. The number of aliphatic hydroxyl groups is 1. The Morgan fingerprint density at radius 1 is 1.25 bits per heavy atom. The van der Waals surface area contributed by atoms with Crippen LogP contribution in [0.15, 0.2) is 18.2 Å². The summed E-state index contributed by atoms with van der Waals surface area (Å²) in [5.41, 5.74) is 1.08. The van der Waals surface area contributed by atoms with E-state index in [0.717, 1.165) is 23.5 Å². The van der Waals surface area contributed by atoms with Crippen molar-refractivity contribution in [2.75, 3.05) is 26.4 Å². The molecule has 0 spiro atoms. The summed E-state index contributed by atoms with van der Waals surface area (Å²) < 4.78 is 11.3. The fourth-order valence-corrected chi connectivity index (χ4v) is 1.70. The van der Waals surface area contributed by atoms with Crippen molar-refractivity contribution < 1.29 is 14.6 Å². The lowest BCUT2D eigenvalue weighted by Gasteiger charge is -2.12. The molecule has 1 aliphatic heterocycles. The van der Waals surface area contributed by atoms with Gasteiger partial charge in [0, 0.05) is 25.1 Å². The Bertz CT molecular complexity index is 341. The van der Waals surface area contributed by atoms with E-state index in [1.165, 1.54) is 0 Å². The molecule has 0 amide bonds. The number of fused-ring (bicyclic) bond motifs is 1. The molecule has 0 bridgehead atoms. The van der Waals surface area contributed by atoms with E-state index in [1.54, 1.807) is 0 Å². The second-order valence-electron chi connectivity index (χ2n) is 3.70. The molecule has 1 aliphatic rings. The van der Waals surface area contributed by atoms with Crippen molar-refractivity contribution in [3.63, 3.8) is 0 Å². The normalized spacial score (nSPS) is 14.6. The SMILES string of the molecule is OCCNCc1cccc2c1OCCCO2. The monoisotopic (exact) mass is 223 g/mol. The van der Waals surface area contributed by atoms with Crippen LogP contribution in [0.2, 0.25) is 0 Å². The van der Waals surface area contributed by atoms with E-state index in [9.17, 15) is 0 Å². The Morgan fingerprint density at radius 2 is 2.12 bits per heavy atom. The van der Waals surface area contributed by atoms with Crippen molar-refractivity contribution in [1.82, 2.24) is 5.32 Å². The molecule has 88 valence electrons. The number of ether oxygens (including phenoxy) is 2. The van der Waals surface area contributed by atoms with Crippen LogP contribution in [-0.2, 0) is 6.54 Å². The van der Waals surface area contributed by atoms with Gasteiger partial charge in [-0.15, -0.1) is 0 Å². The first kappa shape index (κ1) is 11.2. The van der Waals surface area contributed by atoms with Gasteiger partial charge in [0.05, 0.1) is 19.8 Å². The van der Waals surface area contributed by atoms with Gasteiger partial charge in [0.2, 0.25) is 0 Å². The minimum atomic E-state index is 0.145. The number of benzene rings is 1. The third-order valence-corrected chi connectivity index (χ3v) is 2.46. The number of aliphatic hydroxyl groups excluding tert-OH is 1. The van der Waals surface area contributed by atoms with Crippen molar-refractivity contribution in [2.24, 2.45) is 0 Å². The highest BCUT2D eigenvalue weighted by Gasteiger charge is 2.13. The quantitative estimate of drug-likeness (QED) is 0.746. The maximum Gasteiger partial charge on any atom is 0.165 e. The molecule has 0 radical (unpaired) electrons. The van der Waals surface area contributed by atoms with Gasteiger partial charge in [-0.1, -0.05) is 12.1 Å². The van der Waals surface area contributed by atoms with Gasteiger partial charge < -0.3 is 19.9 Å². The molecule has 1 heterocycles. The van der Waals surface area contributed by atoms with Crippen molar-refractivity contribution in [1.29, 1.82) is 0 Å². The largest absolute Gasteiger partial charge is 0.490 e. The minimum absolute atomic E-state index is 0.145. The van der Waals surface area contributed by atoms with Crippen molar-refractivity contribution in [2.45, 2.75) is 13.0 Å². The standard InChI is InChI=1S/C12H17NO3/c14-6-5-13-9-10-3-1-4-11-12(10)16-8-2-7-15-11/h1,3-4,13-14H,2,5-9H2. The lowest BCUT2D eigenvalue weighted by atomic mass is 10.2. The first-order valence-corrected chi connectivity index (χ1v) is 5.61. The molecule has 1 aromatic rings. The summed E-state index contributed by atoms with van der Waals surface area (Å²) in [5.74, 6) is 1.66. The molecular formula is C12H17NO3. The Kier molecular flexibility index (Phi) is 4.02. The fourth-order valence-electron chi connectivity index (χ4n) is 1.70. The molecule has 0 aromatic heterocycles. The van der Waals surface area contributed by atoms with Gasteiger partial charge in [-0.3, -0.25) is 0 Å². The summed E-state index contributed by atoms with van der Waals surface area (Å²) >= 11 is 0. The highest BCUT2D eigenvalue weighted by Crippen LogP contribution is 2.32. The Balaban J connectivity index is 2.11. The maximum atomic E-state index is 8.71. The van der Waals surface area contributed by atoms with Gasteiger partial charge in [0.15, 0.2) is 11.5 Å². The third-order valence-electron chi connectivity index (χ3n) is 2.46. The van der Waals surface area contributed by atoms with Crippen LogP contribution in [0.1, 0.15) is 12.0 Å². The first-order valence-electron chi connectivity index (χ1n) is 5.61. The summed E-state index contributed by atoms with van der Waals surface area (Å²) in [5, 5.41) is 11.8. The molecule has 0 saturated carbocycles. The molecule has 4 nitrogen and oxygen atoms in total. The molecule has 2 N–H and O–H groups in total. The first-order chi connectivity index (χ1) is 7.92. The predicted octanol–water partition coefficient (Wildman–Crippen LogP) is 0.930. The van der Waals surface area contributed by atoms with E-state index in [4.69, 9.17) is 14.6 Å². The smallest absolute Gasteiger partial charge is 0.165 e. The lowest BCUT2D eigenvalue weighted by molar-refractivity contribution is 0.289. The van der Waals surface area contributed by atoms with Gasteiger partial charge in [-0.05, 0) is 6.07 Å². The Hall–Kier alpha value is -1.26. The molecule has 2 rings (SSSR count). The van der Waals surface area contributed by atoms with Gasteiger partial charge >= 0.3 is 0 Å². The predicted molar refractivity (Wildman–Crippen MR) is 60.8 cm³/mol. The van der Waals surface area contributed by atoms with Crippen LogP contribution in [0.4, 0.5) is 0 Å². The van der Waals surface area contributed by atoms with Gasteiger partial charge in [0.25, 0.3) is 0 Å². The summed E-state index contributed by atoms with van der Waals surface area (Å²) in [6.45, 7) is 2.83. The van der Waals surface area contributed by atoms with Crippen LogP contribution in [0.3, 0.4) is 0 Å². The van der Waals surface area contributed by atoms with Crippen molar-refractivity contribution in [3.05, 3.63) is 23.8 Å². The summed E-state index contributed by atoms with van der Waals surface area (Å²) in [7, 11) is 0. The van der Waals surface area contributed by atoms with E-state index in [1.807, 2.05) is 18.2 Å². The zero-order chi connectivity index (χ0) is 11.2. The zero-order valence-corrected chi connectivity index (χ0v) is 9.24. The Labute approximate surface area is 95.2 Å². The second-order valence-corrected chi connectivity index (χ2v) is 3.70. The van der Waals surface area contributed by atoms with Crippen LogP contribution < -0.4 is 14.8 Å². The summed E-state index contributed by atoms with van der Waals surface area (Å²) in [6, 6.07) is 5.90. The number of para-hydroxylation sites is 1. The van der Waals surface area contributed by atoms with Crippen molar-refractivity contribution in [3.8, 4) is 11.5 Å². The van der Waals surface area contributed by atoms with Gasteiger partial charge in [-0.2, -0.15) is 0 Å². The van der Waals surface area contributed by atoms with Gasteiger partial charge in [0.1, 0.15) is 0 Å². The lowest BCUT2D eigenvalue weighted by Crippen LogP contribution is -2.18. The zero-order valence-electron chi connectivity index (χ0n) is 9.24.